The van der Waals surface area contributed by atoms with Gasteiger partial charge >= 0.3 is 0 Å². The third-order valence-electron chi connectivity index (χ3n) is 6.83. The second-order valence-corrected chi connectivity index (χ2v) is 8.34. The first-order valence-electron chi connectivity index (χ1n) is 10.8. The number of pyridine rings is 1. The Bertz CT molecular complexity index is 1050. The fourth-order valence-electron chi connectivity index (χ4n) is 5.05. The number of hydrogen-bond acceptors (Lipinski definition) is 0. The summed E-state index contributed by atoms with van der Waals surface area (Å²) in [4.78, 5) is 0. The molecule has 0 aliphatic carbocycles. The van der Waals surface area contributed by atoms with Crippen molar-refractivity contribution in [2.24, 2.45) is 0 Å². The lowest BCUT2D eigenvalue weighted by atomic mass is 9.68. The Hall–Kier alpha value is -2.41. The van der Waals surface area contributed by atoms with Crippen LogP contribution in [0.5, 0.6) is 0 Å². The maximum Gasteiger partial charge on any atom is 0.226 e. The molecule has 0 saturated carbocycles. The molecule has 0 atom stereocenters. The third-order valence-corrected chi connectivity index (χ3v) is 6.83. The Morgan fingerprint density at radius 1 is 0.964 bits per heavy atom. The number of unbranched alkanes of at least 4 members (excludes halogenated alkanes) is 1. The smallest absolute Gasteiger partial charge is 0.163 e. The first-order valence-corrected chi connectivity index (χ1v) is 10.8. The number of aryl methyl sites for hydroxylation is 2. The van der Waals surface area contributed by atoms with Gasteiger partial charge in [0.1, 0.15) is 0 Å². The summed E-state index contributed by atoms with van der Waals surface area (Å²) in [6.07, 6.45) is 8.03. The van der Waals surface area contributed by atoms with Gasteiger partial charge in [-0.05, 0) is 67.8 Å². The second kappa shape index (κ2) is 7.20. The molecule has 2 aromatic carbocycles. The van der Waals surface area contributed by atoms with Crippen molar-refractivity contribution in [3.05, 3.63) is 71.9 Å². The number of benzene rings is 2. The maximum atomic E-state index is 4.61. The Labute approximate surface area is 169 Å². The van der Waals surface area contributed by atoms with Crippen molar-refractivity contribution in [1.29, 1.82) is 0 Å². The van der Waals surface area contributed by atoms with Crippen LogP contribution in [-0.4, -0.2) is 0 Å². The van der Waals surface area contributed by atoms with Gasteiger partial charge in [0.2, 0.25) is 5.69 Å². The first kappa shape index (κ1) is 18.9. The van der Waals surface area contributed by atoms with Crippen LogP contribution in [0.4, 0.5) is 0 Å². The molecule has 28 heavy (non-hydrogen) atoms. The molecule has 0 amide bonds. The van der Waals surface area contributed by atoms with Gasteiger partial charge in [0.15, 0.2) is 11.9 Å². The number of rotatable bonds is 5. The summed E-state index contributed by atoms with van der Waals surface area (Å²) in [5.41, 5.74) is 8.11. The fraction of sp³-hybridized carbons (Fsp3) is 0.370. The largest absolute Gasteiger partial charge is 0.226 e. The molecule has 0 spiro atoms. The van der Waals surface area contributed by atoms with Crippen LogP contribution in [0, 0.1) is 6.92 Å². The van der Waals surface area contributed by atoms with E-state index >= 15 is 0 Å². The van der Waals surface area contributed by atoms with E-state index in [1.807, 2.05) is 0 Å². The molecule has 0 bridgehead atoms. The monoisotopic (exact) mass is 370 g/mol. The molecule has 0 N–H and O–H groups in total. The SMILES string of the molecule is C=C1[n+]2ccc3cc(CCCC)ccc3c2-c2ccc(C)cc2C1(CC)CC. The van der Waals surface area contributed by atoms with Crippen LogP contribution in [0.15, 0.2) is 55.2 Å². The summed E-state index contributed by atoms with van der Waals surface area (Å²) >= 11 is 0. The van der Waals surface area contributed by atoms with Crippen molar-refractivity contribution < 1.29 is 4.57 Å². The minimum absolute atomic E-state index is 0.00770. The highest BCUT2D eigenvalue weighted by Crippen LogP contribution is 2.47. The standard InChI is InChI=1S/C27H32N/c1-6-9-10-21-12-14-23-22(18-21)15-16-28-20(5)27(7-2,8-3)25-17-19(4)11-13-24(25)26(23)28/h11-18H,5-10H2,1-4H3/q+1. The van der Waals surface area contributed by atoms with Gasteiger partial charge in [0, 0.05) is 6.07 Å². The predicted molar refractivity (Wildman–Crippen MR) is 121 cm³/mol. The summed E-state index contributed by atoms with van der Waals surface area (Å²) < 4.78 is 2.36. The summed E-state index contributed by atoms with van der Waals surface area (Å²) in [5.74, 6) is 0. The number of aromatic nitrogens is 1. The summed E-state index contributed by atoms with van der Waals surface area (Å²) in [7, 11) is 0. The number of fused-ring (bicyclic) bond motifs is 5. The second-order valence-electron chi connectivity index (χ2n) is 8.34. The average Bonchev–Trinajstić information content (AvgIpc) is 2.72. The van der Waals surface area contributed by atoms with Gasteiger partial charge in [-0.3, -0.25) is 0 Å². The molecule has 1 aliphatic rings. The molecule has 1 aliphatic heterocycles. The first-order chi connectivity index (χ1) is 13.6. The van der Waals surface area contributed by atoms with E-state index in [1.165, 1.54) is 57.3 Å². The summed E-state index contributed by atoms with van der Waals surface area (Å²) in [6, 6.07) is 16.3. The van der Waals surface area contributed by atoms with Gasteiger partial charge in [-0.15, -0.1) is 0 Å². The average molecular weight is 371 g/mol. The molecule has 2 heterocycles. The van der Waals surface area contributed by atoms with Gasteiger partial charge < -0.3 is 0 Å². The van der Waals surface area contributed by atoms with Crippen LogP contribution in [-0.2, 0) is 11.8 Å². The Balaban J connectivity index is 2.00. The van der Waals surface area contributed by atoms with E-state index in [0.717, 1.165) is 19.3 Å². The Morgan fingerprint density at radius 3 is 2.46 bits per heavy atom. The van der Waals surface area contributed by atoms with Crippen LogP contribution in [0.3, 0.4) is 0 Å². The van der Waals surface area contributed by atoms with Crippen molar-refractivity contribution >= 4 is 16.5 Å². The quantitative estimate of drug-likeness (QED) is 0.426. The van der Waals surface area contributed by atoms with Crippen LogP contribution in [0.2, 0.25) is 0 Å². The highest BCUT2D eigenvalue weighted by atomic mass is 15.0. The van der Waals surface area contributed by atoms with Gasteiger partial charge in [-0.25, -0.2) is 0 Å². The number of nitrogens with zero attached hydrogens (tertiary/aromatic N) is 1. The van der Waals surface area contributed by atoms with E-state index in [1.54, 1.807) is 0 Å². The topological polar surface area (TPSA) is 3.88 Å². The Kier molecular flexibility index (Phi) is 4.87. The van der Waals surface area contributed by atoms with Gasteiger partial charge in [0.25, 0.3) is 0 Å². The van der Waals surface area contributed by atoms with E-state index in [4.69, 9.17) is 0 Å². The molecular formula is C27H32N+. The van der Waals surface area contributed by atoms with Crippen molar-refractivity contribution in [1.82, 2.24) is 0 Å². The zero-order chi connectivity index (χ0) is 19.9. The molecule has 1 nitrogen and oxygen atoms in total. The highest BCUT2D eigenvalue weighted by molar-refractivity contribution is 5.96. The van der Waals surface area contributed by atoms with Crippen molar-refractivity contribution in [2.75, 3.05) is 0 Å². The van der Waals surface area contributed by atoms with Crippen LogP contribution in [0.25, 0.3) is 27.7 Å². The molecule has 1 aromatic heterocycles. The lowest BCUT2D eigenvalue weighted by molar-refractivity contribution is -0.576. The minimum Gasteiger partial charge on any atom is -0.163 e. The van der Waals surface area contributed by atoms with Crippen LogP contribution in [0.1, 0.15) is 63.1 Å². The molecule has 0 unspecified atom stereocenters. The zero-order valence-corrected chi connectivity index (χ0v) is 17.8. The predicted octanol–water partition coefficient (Wildman–Crippen LogP) is 6.99. The Morgan fingerprint density at radius 2 is 1.75 bits per heavy atom. The van der Waals surface area contributed by atoms with E-state index in [0.29, 0.717) is 0 Å². The molecule has 0 radical (unpaired) electrons. The van der Waals surface area contributed by atoms with E-state index in [2.05, 4.69) is 87.5 Å². The van der Waals surface area contributed by atoms with Crippen molar-refractivity contribution in [2.45, 2.75) is 65.2 Å². The zero-order valence-electron chi connectivity index (χ0n) is 17.8. The van der Waals surface area contributed by atoms with Crippen LogP contribution < -0.4 is 4.57 Å². The molecular weight excluding hydrogens is 338 g/mol. The van der Waals surface area contributed by atoms with Crippen molar-refractivity contribution in [3.8, 4) is 11.3 Å². The number of allylic oxidation sites excluding steroid dienone is 1. The summed E-state index contributed by atoms with van der Waals surface area (Å²) in [5, 5.41) is 2.66. The molecule has 0 fully saturated rings. The molecule has 144 valence electrons. The van der Waals surface area contributed by atoms with Gasteiger partial charge in [0.05, 0.1) is 16.4 Å². The van der Waals surface area contributed by atoms with Crippen LogP contribution >= 0.6 is 0 Å². The lowest BCUT2D eigenvalue weighted by Crippen LogP contribution is -2.48. The van der Waals surface area contributed by atoms with E-state index < -0.39 is 0 Å². The highest BCUT2D eigenvalue weighted by Gasteiger charge is 2.46. The lowest BCUT2D eigenvalue weighted by Gasteiger charge is -2.36. The van der Waals surface area contributed by atoms with E-state index in [9.17, 15) is 0 Å². The molecule has 0 saturated heterocycles. The third kappa shape index (κ3) is 2.71. The van der Waals surface area contributed by atoms with Gasteiger partial charge in [-0.1, -0.05) is 57.0 Å². The fourth-order valence-corrected chi connectivity index (χ4v) is 5.05. The molecule has 3 aromatic rings. The maximum absolute atomic E-state index is 4.61. The van der Waals surface area contributed by atoms with Crippen molar-refractivity contribution in [3.63, 3.8) is 0 Å². The van der Waals surface area contributed by atoms with E-state index in [-0.39, 0.29) is 5.41 Å². The van der Waals surface area contributed by atoms with Gasteiger partial charge in [-0.2, -0.15) is 4.57 Å². The summed E-state index contributed by atoms with van der Waals surface area (Å²) in [6.45, 7) is 13.7. The number of hydrogen-bond donors (Lipinski definition) is 0. The molecule has 1 heteroatoms. The normalized spacial score (nSPS) is 14.8. The molecule has 4 rings (SSSR count). The minimum atomic E-state index is 0.00770.